The standard InChI is InChI=1S/C11H22N2O/c1-9(2)10-6-5-7-13(8-10)11(14)12(3)4/h9-10H,5-8H2,1-4H3. The first-order valence-electron chi connectivity index (χ1n) is 5.48. The molecular weight excluding hydrogens is 176 g/mol. The summed E-state index contributed by atoms with van der Waals surface area (Å²) in [5.41, 5.74) is 0. The molecule has 82 valence electrons. The summed E-state index contributed by atoms with van der Waals surface area (Å²) in [5, 5.41) is 0. The Bertz CT molecular complexity index is 201. The maximum Gasteiger partial charge on any atom is 0.319 e. The normalized spacial score (nSPS) is 22.6. The number of piperidine rings is 1. The molecule has 1 rings (SSSR count). The van der Waals surface area contributed by atoms with Gasteiger partial charge >= 0.3 is 6.03 Å². The first-order chi connectivity index (χ1) is 6.52. The monoisotopic (exact) mass is 198 g/mol. The molecule has 1 aliphatic heterocycles. The van der Waals surface area contributed by atoms with Crippen LogP contribution in [0.1, 0.15) is 26.7 Å². The molecule has 1 saturated heterocycles. The van der Waals surface area contributed by atoms with Gasteiger partial charge < -0.3 is 9.80 Å². The molecule has 1 heterocycles. The van der Waals surface area contributed by atoms with E-state index in [1.54, 1.807) is 4.90 Å². The number of amides is 2. The van der Waals surface area contributed by atoms with E-state index >= 15 is 0 Å². The molecule has 0 radical (unpaired) electrons. The highest BCUT2D eigenvalue weighted by Gasteiger charge is 2.25. The second kappa shape index (κ2) is 4.67. The van der Waals surface area contributed by atoms with E-state index in [4.69, 9.17) is 0 Å². The van der Waals surface area contributed by atoms with Crippen molar-refractivity contribution in [2.45, 2.75) is 26.7 Å². The summed E-state index contributed by atoms with van der Waals surface area (Å²) in [6.07, 6.45) is 2.43. The summed E-state index contributed by atoms with van der Waals surface area (Å²) < 4.78 is 0. The molecule has 3 heteroatoms. The Balaban J connectivity index is 2.51. The molecule has 2 amide bonds. The van der Waals surface area contributed by atoms with Gasteiger partial charge in [-0.2, -0.15) is 0 Å². The molecule has 3 nitrogen and oxygen atoms in total. The van der Waals surface area contributed by atoms with Crippen LogP contribution in [-0.4, -0.2) is 43.0 Å². The first-order valence-corrected chi connectivity index (χ1v) is 5.48. The Hall–Kier alpha value is -0.730. The number of carbonyl (C=O) groups is 1. The van der Waals surface area contributed by atoms with Gasteiger partial charge in [0, 0.05) is 27.2 Å². The van der Waals surface area contributed by atoms with Crippen molar-refractivity contribution in [2.75, 3.05) is 27.2 Å². The summed E-state index contributed by atoms with van der Waals surface area (Å²) in [7, 11) is 3.64. The van der Waals surface area contributed by atoms with Gasteiger partial charge in [-0.25, -0.2) is 4.79 Å². The summed E-state index contributed by atoms with van der Waals surface area (Å²) in [6, 6.07) is 0.162. The molecule has 0 bridgehead atoms. The van der Waals surface area contributed by atoms with Crippen LogP contribution < -0.4 is 0 Å². The van der Waals surface area contributed by atoms with Crippen molar-refractivity contribution in [3.63, 3.8) is 0 Å². The van der Waals surface area contributed by atoms with Crippen molar-refractivity contribution in [1.82, 2.24) is 9.80 Å². The number of likely N-dealkylation sites (tertiary alicyclic amines) is 1. The van der Waals surface area contributed by atoms with Crippen molar-refractivity contribution in [3.05, 3.63) is 0 Å². The van der Waals surface area contributed by atoms with Crippen LogP contribution in [0.15, 0.2) is 0 Å². The second-order valence-corrected chi connectivity index (χ2v) is 4.77. The number of carbonyl (C=O) groups excluding carboxylic acids is 1. The van der Waals surface area contributed by atoms with E-state index in [0.29, 0.717) is 11.8 Å². The number of urea groups is 1. The zero-order chi connectivity index (χ0) is 10.7. The number of rotatable bonds is 1. The topological polar surface area (TPSA) is 23.6 Å². The Kier molecular flexibility index (Phi) is 3.78. The van der Waals surface area contributed by atoms with Gasteiger partial charge in [0.15, 0.2) is 0 Å². The maximum absolute atomic E-state index is 11.7. The minimum Gasteiger partial charge on any atom is -0.331 e. The average Bonchev–Trinajstić information content (AvgIpc) is 2.16. The Morgan fingerprint density at radius 1 is 1.43 bits per heavy atom. The van der Waals surface area contributed by atoms with E-state index in [1.807, 2.05) is 19.0 Å². The molecule has 1 fully saturated rings. The van der Waals surface area contributed by atoms with Gasteiger partial charge in [-0.15, -0.1) is 0 Å². The van der Waals surface area contributed by atoms with Crippen LogP contribution in [0.2, 0.25) is 0 Å². The van der Waals surface area contributed by atoms with Crippen LogP contribution in [0.5, 0.6) is 0 Å². The fourth-order valence-corrected chi connectivity index (χ4v) is 2.01. The number of hydrogen-bond acceptors (Lipinski definition) is 1. The van der Waals surface area contributed by atoms with E-state index in [9.17, 15) is 4.79 Å². The third-order valence-corrected chi connectivity index (χ3v) is 3.05. The van der Waals surface area contributed by atoms with Gasteiger partial charge in [0.1, 0.15) is 0 Å². The van der Waals surface area contributed by atoms with Crippen molar-refractivity contribution in [2.24, 2.45) is 11.8 Å². The minimum atomic E-state index is 0.162. The molecule has 1 atom stereocenters. The van der Waals surface area contributed by atoms with Crippen LogP contribution in [-0.2, 0) is 0 Å². The fraction of sp³-hybridized carbons (Fsp3) is 0.909. The van der Waals surface area contributed by atoms with E-state index in [0.717, 1.165) is 19.5 Å². The van der Waals surface area contributed by atoms with Gasteiger partial charge in [0.2, 0.25) is 0 Å². The van der Waals surface area contributed by atoms with Crippen molar-refractivity contribution in [1.29, 1.82) is 0 Å². The lowest BCUT2D eigenvalue weighted by Crippen LogP contribution is -2.45. The summed E-state index contributed by atoms with van der Waals surface area (Å²) in [4.78, 5) is 15.4. The first kappa shape index (κ1) is 11.3. The highest BCUT2D eigenvalue weighted by Crippen LogP contribution is 2.23. The van der Waals surface area contributed by atoms with Gasteiger partial charge in [0.05, 0.1) is 0 Å². The van der Waals surface area contributed by atoms with Crippen LogP contribution in [0.4, 0.5) is 4.79 Å². The molecule has 0 saturated carbocycles. The Morgan fingerprint density at radius 3 is 2.57 bits per heavy atom. The van der Waals surface area contributed by atoms with Crippen LogP contribution >= 0.6 is 0 Å². The number of nitrogens with zero attached hydrogens (tertiary/aromatic N) is 2. The molecular formula is C11H22N2O. The fourth-order valence-electron chi connectivity index (χ4n) is 2.01. The third-order valence-electron chi connectivity index (χ3n) is 3.05. The molecule has 0 aromatic carbocycles. The molecule has 0 aromatic heterocycles. The average molecular weight is 198 g/mol. The van der Waals surface area contributed by atoms with E-state index in [1.165, 1.54) is 6.42 Å². The van der Waals surface area contributed by atoms with E-state index in [-0.39, 0.29) is 6.03 Å². The van der Waals surface area contributed by atoms with Gasteiger partial charge in [0.25, 0.3) is 0 Å². The quantitative estimate of drug-likeness (QED) is 0.632. The molecule has 1 aliphatic rings. The summed E-state index contributed by atoms with van der Waals surface area (Å²) in [6.45, 7) is 6.36. The molecule has 0 N–H and O–H groups in total. The Morgan fingerprint density at radius 2 is 2.07 bits per heavy atom. The molecule has 0 aliphatic carbocycles. The third kappa shape index (κ3) is 2.63. The predicted molar refractivity (Wildman–Crippen MR) is 58.2 cm³/mol. The van der Waals surface area contributed by atoms with Crippen LogP contribution in [0.25, 0.3) is 0 Å². The Labute approximate surface area is 87.1 Å². The van der Waals surface area contributed by atoms with Gasteiger partial charge in [-0.05, 0) is 24.7 Å². The lowest BCUT2D eigenvalue weighted by atomic mass is 9.88. The second-order valence-electron chi connectivity index (χ2n) is 4.77. The molecule has 0 aromatic rings. The summed E-state index contributed by atoms with van der Waals surface area (Å²) in [5.74, 6) is 1.38. The maximum atomic E-state index is 11.7. The van der Waals surface area contributed by atoms with Crippen molar-refractivity contribution in [3.8, 4) is 0 Å². The zero-order valence-electron chi connectivity index (χ0n) is 9.79. The highest BCUT2D eigenvalue weighted by molar-refractivity contribution is 5.73. The lowest BCUT2D eigenvalue weighted by molar-refractivity contribution is 0.130. The molecule has 0 spiro atoms. The zero-order valence-corrected chi connectivity index (χ0v) is 9.79. The van der Waals surface area contributed by atoms with Crippen molar-refractivity contribution < 1.29 is 4.79 Å². The SMILES string of the molecule is CC(C)C1CCCN(C(=O)N(C)C)C1. The smallest absolute Gasteiger partial charge is 0.319 e. The van der Waals surface area contributed by atoms with Crippen molar-refractivity contribution >= 4 is 6.03 Å². The van der Waals surface area contributed by atoms with Crippen LogP contribution in [0.3, 0.4) is 0 Å². The lowest BCUT2D eigenvalue weighted by Gasteiger charge is -2.36. The largest absolute Gasteiger partial charge is 0.331 e. The highest BCUT2D eigenvalue weighted by atomic mass is 16.2. The van der Waals surface area contributed by atoms with Gasteiger partial charge in [-0.1, -0.05) is 13.8 Å². The van der Waals surface area contributed by atoms with E-state index in [2.05, 4.69) is 13.8 Å². The number of hydrogen-bond donors (Lipinski definition) is 0. The molecule has 14 heavy (non-hydrogen) atoms. The van der Waals surface area contributed by atoms with Gasteiger partial charge in [-0.3, -0.25) is 0 Å². The van der Waals surface area contributed by atoms with E-state index < -0.39 is 0 Å². The molecule has 1 unspecified atom stereocenters. The predicted octanol–water partition coefficient (Wildman–Crippen LogP) is 2.04. The van der Waals surface area contributed by atoms with Crippen LogP contribution in [0, 0.1) is 11.8 Å². The minimum absolute atomic E-state index is 0.162. The summed E-state index contributed by atoms with van der Waals surface area (Å²) >= 11 is 0.